The molecule has 0 aliphatic heterocycles. The van der Waals surface area contributed by atoms with Crippen LogP contribution in [-0.2, 0) is 9.84 Å². The first kappa shape index (κ1) is 31.3. The van der Waals surface area contributed by atoms with E-state index in [0.717, 1.165) is 0 Å². The Bertz CT molecular complexity index is 1930. The van der Waals surface area contributed by atoms with Crippen LogP contribution in [0.1, 0.15) is 0 Å². The van der Waals surface area contributed by atoms with Crippen molar-refractivity contribution in [3.63, 3.8) is 0 Å². The minimum absolute atomic E-state index is 0.206. The first-order valence-corrected chi connectivity index (χ1v) is 15.5. The molecule has 8 heteroatoms. The van der Waals surface area contributed by atoms with E-state index >= 15 is 0 Å². The zero-order chi connectivity index (χ0) is 32.5. The van der Waals surface area contributed by atoms with Crippen molar-refractivity contribution >= 4 is 9.84 Å². The molecule has 0 saturated heterocycles. The Kier molecular flexibility index (Phi) is 9.57. The fourth-order valence-corrected chi connectivity index (χ4v) is 6.27. The van der Waals surface area contributed by atoms with E-state index in [0.29, 0.717) is 22.6 Å². The van der Waals surface area contributed by atoms with Crippen LogP contribution in [0, 0.1) is 12.5 Å². The number of hydrogen-bond acceptors (Lipinski definition) is 7. The largest absolute Gasteiger partial charge is 0.506 e. The van der Waals surface area contributed by atoms with Crippen LogP contribution in [0.3, 0.4) is 0 Å². The van der Waals surface area contributed by atoms with Gasteiger partial charge in [-0.05, 0) is 59.7 Å². The van der Waals surface area contributed by atoms with Crippen LogP contribution >= 0.6 is 0 Å². The van der Waals surface area contributed by atoms with Gasteiger partial charge in [0.25, 0.3) is 0 Å². The molecule has 7 nitrogen and oxygen atoms in total. The maximum Gasteiger partial charge on any atom is 0.213 e. The number of benzene rings is 6. The second-order valence-corrected chi connectivity index (χ2v) is 11.7. The molecule has 0 amide bonds. The number of hydrogen-bond donors (Lipinski definition) is 3. The normalized spacial score (nSPS) is 10.6. The number of para-hydroxylation sites is 2. The standard InChI is InChI=1S/C36H26O6S.C2H2O/c37-35-31(23-21-29(41-27-17-9-3-10-18-27)33(35)25-13-5-1-6-14-25)43(39,40)32-24-22-30(42-28-19-11-4-12-20-28)34(36(32)38)26-15-7-2-8-16-26;1-2-3/h1-24,37-38H;1,3H. The number of aliphatic hydroxyl groups is 1. The maximum absolute atomic E-state index is 14.2. The summed E-state index contributed by atoms with van der Waals surface area (Å²) in [6.07, 6.45) is 5.40. The molecule has 0 aromatic heterocycles. The fraction of sp³-hybridized carbons (Fsp3) is 0. The number of ether oxygens (including phenoxy) is 2. The van der Waals surface area contributed by atoms with Crippen molar-refractivity contribution in [1.82, 2.24) is 0 Å². The molecule has 0 fully saturated rings. The van der Waals surface area contributed by atoms with Crippen LogP contribution in [0.15, 0.2) is 155 Å². The van der Waals surface area contributed by atoms with Crippen LogP contribution in [0.2, 0.25) is 0 Å². The lowest BCUT2D eigenvalue weighted by atomic mass is 10.0. The van der Waals surface area contributed by atoms with E-state index in [1.54, 1.807) is 72.8 Å². The average Bonchev–Trinajstić information content (AvgIpc) is 3.07. The molecule has 0 aliphatic rings. The minimum atomic E-state index is -4.45. The predicted octanol–water partition coefficient (Wildman–Crippen LogP) is 8.80. The fourth-order valence-electron chi connectivity index (χ4n) is 4.83. The first-order valence-electron chi connectivity index (χ1n) is 14.0. The van der Waals surface area contributed by atoms with Gasteiger partial charge in [0.15, 0.2) is 0 Å². The van der Waals surface area contributed by atoms with Gasteiger partial charge in [-0.3, -0.25) is 0 Å². The molecule has 6 rings (SSSR count). The van der Waals surface area contributed by atoms with Crippen molar-refractivity contribution in [3.05, 3.63) is 146 Å². The van der Waals surface area contributed by atoms with Crippen LogP contribution in [-0.4, -0.2) is 23.7 Å². The van der Waals surface area contributed by atoms with Crippen LogP contribution in [0.5, 0.6) is 34.5 Å². The van der Waals surface area contributed by atoms with E-state index in [4.69, 9.17) is 14.6 Å². The molecule has 0 saturated carbocycles. The molecule has 0 unspecified atom stereocenters. The summed E-state index contributed by atoms with van der Waals surface area (Å²) in [5, 5.41) is 30.2. The lowest BCUT2D eigenvalue weighted by Crippen LogP contribution is -2.05. The van der Waals surface area contributed by atoms with Gasteiger partial charge in [-0.1, -0.05) is 103 Å². The number of terminal acetylenes is 1. The summed E-state index contributed by atoms with van der Waals surface area (Å²) < 4.78 is 40.5. The number of aromatic hydroxyl groups is 2. The Hall–Kier alpha value is -6.17. The lowest BCUT2D eigenvalue weighted by Gasteiger charge is -2.18. The Morgan fingerprint density at radius 2 is 0.804 bits per heavy atom. The molecule has 0 radical (unpaired) electrons. The van der Waals surface area contributed by atoms with Gasteiger partial charge in [0, 0.05) is 0 Å². The van der Waals surface area contributed by atoms with Crippen molar-refractivity contribution in [3.8, 4) is 69.3 Å². The first-order chi connectivity index (χ1) is 22.3. The van der Waals surface area contributed by atoms with Crippen LogP contribution in [0.25, 0.3) is 22.3 Å². The highest BCUT2D eigenvalue weighted by molar-refractivity contribution is 7.91. The smallest absolute Gasteiger partial charge is 0.213 e. The zero-order valence-electron chi connectivity index (χ0n) is 24.3. The van der Waals surface area contributed by atoms with E-state index in [-0.39, 0.29) is 32.4 Å². The third kappa shape index (κ3) is 6.65. The van der Waals surface area contributed by atoms with Gasteiger partial charge >= 0.3 is 0 Å². The van der Waals surface area contributed by atoms with E-state index < -0.39 is 21.3 Å². The molecule has 6 aromatic rings. The molecule has 0 heterocycles. The van der Waals surface area contributed by atoms with Gasteiger partial charge in [-0.25, -0.2) is 8.42 Å². The molecule has 6 aromatic carbocycles. The lowest BCUT2D eigenvalue weighted by molar-refractivity contribution is 0.442. The van der Waals surface area contributed by atoms with Crippen LogP contribution < -0.4 is 9.47 Å². The van der Waals surface area contributed by atoms with Gasteiger partial charge in [0.2, 0.25) is 9.84 Å². The monoisotopic (exact) mass is 628 g/mol. The van der Waals surface area contributed by atoms with Crippen molar-refractivity contribution in [1.29, 1.82) is 0 Å². The van der Waals surface area contributed by atoms with Gasteiger partial charge < -0.3 is 24.8 Å². The zero-order valence-corrected chi connectivity index (χ0v) is 25.1. The summed E-state index contributed by atoms with van der Waals surface area (Å²) in [5.74, 6) is 0.599. The third-order valence-electron chi connectivity index (χ3n) is 6.85. The number of rotatable bonds is 8. The highest BCUT2D eigenvalue weighted by Crippen LogP contribution is 2.48. The molecule has 3 N–H and O–H groups in total. The van der Waals surface area contributed by atoms with Gasteiger partial charge in [-0.15, -0.1) is 0 Å². The van der Waals surface area contributed by atoms with Crippen molar-refractivity contribution in [2.75, 3.05) is 0 Å². The summed E-state index contributed by atoms with van der Waals surface area (Å²) >= 11 is 0. The van der Waals surface area contributed by atoms with Gasteiger partial charge in [0.05, 0.1) is 11.1 Å². The molecule has 0 aliphatic carbocycles. The van der Waals surface area contributed by atoms with Gasteiger partial charge in [-0.2, -0.15) is 0 Å². The summed E-state index contributed by atoms with van der Waals surface area (Å²) in [5.41, 5.74) is 1.53. The van der Waals surface area contributed by atoms with Gasteiger partial charge in [0.1, 0.15) is 50.4 Å². The molecule has 0 spiro atoms. The van der Waals surface area contributed by atoms with E-state index in [1.807, 2.05) is 48.5 Å². The Labute approximate surface area is 267 Å². The van der Waals surface area contributed by atoms with E-state index in [1.165, 1.54) is 30.4 Å². The molecule has 46 heavy (non-hydrogen) atoms. The number of phenolic OH excluding ortho intramolecular Hbond substituents is 2. The highest BCUT2D eigenvalue weighted by Gasteiger charge is 2.31. The Balaban J connectivity index is 0.00000134. The average molecular weight is 629 g/mol. The Morgan fingerprint density at radius 1 is 0.500 bits per heavy atom. The molecule has 0 atom stereocenters. The minimum Gasteiger partial charge on any atom is -0.506 e. The van der Waals surface area contributed by atoms with Crippen molar-refractivity contribution in [2.24, 2.45) is 0 Å². The Morgan fingerprint density at radius 3 is 1.13 bits per heavy atom. The molecular weight excluding hydrogens is 600 g/mol. The summed E-state index contributed by atoms with van der Waals surface area (Å²) in [4.78, 5) is -0.754. The second kappa shape index (κ2) is 14.1. The number of sulfone groups is 1. The van der Waals surface area contributed by atoms with E-state index in [2.05, 4.69) is 6.42 Å². The maximum atomic E-state index is 14.2. The highest BCUT2D eigenvalue weighted by atomic mass is 32.2. The quantitative estimate of drug-likeness (QED) is 0.144. The van der Waals surface area contributed by atoms with E-state index in [9.17, 15) is 18.6 Å². The molecular formula is C38H28O7S. The predicted molar refractivity (Wildman–Crippen MR) is 176 cm³/mol. The third-order valence-corrected chi connectivity index (χ3v) is 8.67. The summed E-state index contributed by atoms with van der Waals surface area (Å²) in [7, 11) is -4.45. The topological polar surface area (TPSA) is 113 Å². The number of aliphatic hydroxyl groups excluding tert-OH is 1. The molecule has 228 valence electrons. The van der Waals surface area contributed by atoms with Crippen molar-refractivity contribution < 1.29 is 33.2 Å². The summed E-state index contributed by atoms with van der Waals surface area (Å²) in [6.45, 7) is 0. The summed E-state index contributed by atoms with van der Waals surface area (Å²) in [6, 6.07) is 41.4. The number of phenols is 2. The SMILES string of the molecule is C#CO.O=S(=O)(c1ccc(Oc2ccccc2)c(-c2ccccc2)c1O)c1ccc(Oc2ccccc2)c(-c2ccccc2)c1O. The van der Waals surface area contributed by atoms with Crippen LogP contribution in [0.4, 0.5) is 0 Å². The van der Waals surface area contributed by atoms with Crippen molar-refractivity contribution in [2.45, 2.75) is 9.79 Å². The second-order valence-electron chi connectivity index (χ2n) is 9.77. The molecule has 0 bridgehead atoms.